The number of anilines is 1. The molecule has 23 heavy (non-hydrogen) atoms. The number of benzene rings is 1. The molecule has 0 aliphatic heterocycles. The summed E-state index contributed by atoms with van der Waals surface area (Å²) in [5.74, 6) is 0.612. The summed E-state index contributed by atoms with van der Waals surface area (Å²) in [6.45, 7) is 1.40. The zero-order chi connectivity index (χ0) is 16.5. The molecule has 0 bridgehead atoms. The Morgan fingerprint density at radius 3 is 2.65 bits per heavy atom. The minimum absolute atomic E-state index is 0.0148. The first kappa shape index (κ1) is 17.7. The number of carbonyl (C=O) groups is 1. The van der Waals surface area contributed by atoms with E-state index in [-0.39, 0.29) is 5.91 Å². The van der Waals surface area contributed by atoms with Gasteiger partial charge in [0.05, 0.1) is 6.54 Å². The van der Waals surface area contributed by atoms with E-state index in [2.05, 4.69) is 26.2 Å². The second-order valence-electron chi connectivity index (χ2n) is 5.51. The molecule has 1 aromatic heterocycles. The Labute approximate surface area is 145 Å². The number of nitrogens with two attached hydrogens (primary N) is 1. The number of imidazole rings is 1. The van der Waals surface area contributed by atoms with Crippen LogP contribution in [0.25, 0.3) is 0 Å². The number of hydrogen-bond donors (Lipinski definition) is 2. The third-order valence-electron chi connectivity index (χ3n) is 3.59. The van der Waals surface area contributed by atoms with Crippen LogP contribution in [0.15, 0.2) is 41.1 Å². The van der Waals surface area contributed by atoms with Crippen molar-refractivity contribution in [2.75, 3.05) is 11.9 Å². The fraction of sp³-hybridized carbons (Fsp3) is 0.412. The number of carbonyl (C=O) groups excluding carboxylic acids is 1. The average molecular weight is 379 g/mol. The van der Waals surface area contributed by atoms with E-state index in [4.69, 9.17) is 5.73 Å². The second kappa shape index (κ2) is 9.47. The van der Waals surface area contributed by atoms with Gasteiger partial charge in [-0.05, 0) is 37.1 Å². The van der Waals surface area contributed by atoms with Crippen molar-refractivity contribution in [2.24, 2.45) is 5.73 Å². The van der Waals surface area contributed by atoms with Crippen LogP contribution in [0.5, 0.6) is 0 Å². The van der Waals surface area contributed by atoms with Crippen LogP contribution in [0, 0.1) is 0 Å². The Kier molecular flexibility index (Phi) is 7.29. The van der Waals surface area contributed by atoms with Gasteiger partial charge in [0, 0.05) is 23.3 Å². The Bertz CT molecular complexity index is 609. The highest BCUT2D eigenvalue weighted by atomic mass is 79.9. The van der Waals surface area contributed by atoms with E-state index < -0.39 is 0 Å². The quantitative estimate of drug-likeness (QED) is 0.655. The molecule has 0 spiro atoms. The number of nitrogens with one attached hydrogen (secondary N) is 1. The number of hydrogen-bond acceptors (Lipinski definition) is 3. The normalized spacial score (nSPS) is 10.7. The molecule has 0 atom stereocenters. The summed E-state index contributed by atoms with van der Waals surface area (Å²) in [6, 6.07) is 8.11. The smallest absolute Gasteiger partial charge is 0.226 e. The number of amides is 1. The molecular weight excluding hydrogens is 356 g/mol. The van der Waals surface area contributed by atoms with Crippen LogP contribution in [0.4, 0.5) is 5.95 Å². The van der Waals surface area contributed by atoms with E-state index in [0.717, 1.165) is 42.3 Å². The van der Waals surface area contributed by atoms with Gasteiger partial charge in [-0.2, -0.15) is 0 Å². The fourth-order valence-corrected chi connectivity index (χ4v) is 2.58. The number of halogens is 1. The first-order valence-corrected chi connectivity index (χ1v) is 8.74. The van der Waals surface area contributed by atoms with E-state index in [0.29, 0.717) is 18.9 Å². The van der Waals surface area contributed by atoms with Crippen LogP contribution in [-0.2, 0) is 11.3 Å². The predicted molar refractivity (Wildman–Crippen MR) is 96.2 cm³/mol. The van der Waals surface area contributed by atoms with Gasteiger partial charge in [0.1, 0.15) is 0 Å². The molecule has 0 saturated carbocycles. The molecule has 0 fully saturated rings. The molecule has 0 aliphatic rings. The summed E-state index contributed by atoms with van der Waals surface area (Å²) in [4.78, 5) is 16.2. The Balaban J connectivity index is 1.83. The molecule has 0 saturated heterocycles. The first-order valence-electron chi connectivity index (χ1n) is 7.94. The van der Waals surface area contributed by atoms with Crippen LogP contribution in [0.3, 0.4) is 0 Å². The molecule has 3 N–H and O–H groups in total. The highest BCUT2D eigenvalue weighted by Crippen LogP contribution is 2.14. The molecule has 2 rings (SSSR count). The fourth-order valence-electron chi connectivity index (χ4n) is 2.32. The van der Waals surface area contributed by atoms with Crippen molar-refractivity contribution in [2.45, 2.75) is 38.6 Å². The monoisotopic (exact) mass is 378 g/mol. The average Bonchev–Trinajstić information content (AvgIpc) is 2.96. The largest absolute Gasteiger partial charge is 0.330 e. The first-order chi connectivity index (χ1) is 11.2. The number of rotatable bonds is 9. The lowest BCUT2D eigenvalue weighted by Gasteiger charge is -2.09. The lowest BCUT2D eigenvalue weighted by Crippen LogP contribution is -2.15. The van der Waals surface area contributed by atoms with Gasteiger partial charge < -0.3 is 10.3 Å². The topological polar surface area (TPSA) is 72.9 Å². The Hall–Kier alpha value is -1.66. The highest BCUT2D eigenvalue weighted by Gasteiger charge is 2.08. The lowest BCUT2D eigenvalue weighted by molar-refractivity contribution is -0.116. The molecule has 5 nitrogen and oxygen atoms in total. The van der Waals surface area contributed by atoms with Crippen molar-refractivity contribution < 1.29 is 4.79 Å². The van der Waals surface area contributed by atoms with Crippen LogP contribution in [-0.4, -0.2) is 22.0 Å². The van der Waals surface area contributed by atoms with Gasteiger partial charge in [0.15, 0.2) is 0 Å². The number of nitrogens with zero attached hydrogens (tertiary/aromatic N) is 2. The van der Waals surface area contributed by atoms with Gasteiger partial charge in [-0.1, -0.05) is 40.9 Å². The number of aromatic nitrogens is 2. The van der Waals surface area contributed by atoms with Crippen molar-refractivity contribution >= 4 is 27.8 Å². The SMILES string of the molecule is NCCCCCCC(=O)Nc1nccn1Cc1ccc(Br)cc1. The minimum atomic E-state index is 0.0148. The maximum Gasteiger partial charge on any atom is 0.226 e. The van der Waals surface area contributed by atoms with Crippen LogP contribution in [0.1, 0.15) is 37.7 Å². The number of unbranched alkanes of at least 4 members (excludes halogenated alkanes) is 3. The summed E-state index contributed by atoms with van der Waals surface area (Å²) in [5.41, 5.74) is 6.61. The van der Waals surface area contributed by atoms with Gasteiger partial charge in [-0.15, -0.1) is 0 Å². The maximum absolute atomic E-state index is 12.0. The van der Waals surface area contributed by atoms with Gasteiger partial charge in [0.25, 0.3) is 0 Å². The Morgan fingerprint density at radius 2 is 1.91 bits per heavy atom. The summed E-state index contributed by atoms with van der Waals surface area (Å²) >= 11 is 3.43. The second-order valence-corrected chi connectivity index (χ2v) is 6.42. The van der Waals surface area contributed by atoms with Crippen LogP contribution >= 0.6 is 15.9 Å². The standard InChI is InChI=1S/C17H23BrN4O/c18-15-8-6-14(7-9-15)13-22-12-11-20-17(22)21-16(23)5-3-1-2-4-10-19/h6-9,11-12H,1-5,10,13,19H2,(H,20,21,23). The van der Waals surface area contributed by atoms with Crippen molar-refractivity contribution in [1.29, 1.82) is 0 Å². The molecule has 6 heteroatoms. The van der Waals surface area contributed by atoms with E-state index in [1.54, 1.807) is 6.20 Å². The Morgan fingerprint density at radius 1 is 1.17 bits per heavy atom. The van der Waals surface area contributed by atoms with Crippen LogP contribution in [0.2, 0.25) is 0 Å². The zero-order valence-electron chi connectivity index (χ0n) is 13.2. The molecule has 2 aromatic rings. The van der Waals surface area contributed by atoms with Crippen LogP contribution < -0.4 is 11.1 Å². The molecule has 0 aliphatic carbocycles. The van der Waals surface area contributed by atoms with Gasteiger partial charge in [-0.3, -0.25) is 10.1 Å². The van der Waals surface area contributed by atoms with Crippen molar-refractivity contribution in [3.05, 3.63) is 46.7 Å². The molecular formula is C17H23BrN4O. The summed E-state index contributed by atoms with van der Waals surface area (Å²) in [7, 11) is 0. The van der Waals surface area contributed by atoms with Gasteiger partial charge in [-0.25, -0.2) is 4.98 Å². The molecule has 1 heterocycles. The van der Waals surface area contributed by atoms with Crippen molar-refractivity contribution in [1.82, 2.24) is 9.55 Å². The van der Waals surface area contributed by atoms with E-state index in [1.165, 1.54) is 0 Å². The van der Waals surface area contributed by atoms with Crippen molar-refractivity contribution in [3.8, 4) is 0 Å². The van der Waals surface area contributed by atoms with Gasteiger partial charge in [0.2, 0.25) is 11.9 Å². The third-order valence-corrected chi connectivity index (χ3v) is 4.12. The maximum atomic E-state index is 12.0. The van der Waals surface area contributed by atoms with E-state index in [1.807, 2.05) is 35.0 Å². The molecule has 124 valence electrons. The third kappa shape index (κ3) is 6.15. The molecule has 0 radical (unpaired) electrons. The van der Waals surface area contributed by atoms with E-state index in [9.17, 15) is 4.79 Å². The highest BCUT2D eigenvalue weighted by molar-refractivity contribution is 9.10. The van der Waals surface area contributed by atoms with E-state index >= 15 is 0 Å². The summed E-state index contributed by atoms with van der Waals surface area (Å²) in [6.07, 6.45) is 8.14. The molecule has 0 unspecified atom stereocenters. The molecule has 1 amide bonds. The zero-order valence-corrected chi connectivity index (χ0v) is 14.8. The minimum Gasteiger partial charge on any atom is -0.330 e. The molecule has 1 aromatic carbocycles. The van der Waals surface area contributed by atoms with Crippen molar-refractivity contribution in [3.63, 3.8) is 0 Å². The summed E-state index contributed by atoms with van der Waals surface area (Å²) in [5, 5.41) is 2.89. The summed E-state index contributed by atoms with van der Waals surface area (Å²) < 4.78 is 2.99. The predicted octanol–water partition coefficient (Wildman–Crippen LogP) is 3.54. The van der Waals surface area contributed by atoms with Gasteiger partial charge >= 0.3 is 0 Å². The lowest BCUT2D eigenvalue weighted by atomic mass is 10.1.